The van der Waals surface area contributed by atoms with Crippen molar-refractivity contribution in [3.63, 3.8) is 0 Å². The summed E-state index contributed by atoms with van der Waals surface area (Å²) in [5.41, 5.74) is 1.46. The van der Waals surface area contributed by atoms with Crippen molar-refractivity contribution in [2.45, 2.75) is 26.7 Å². The lowest BCUT2D eigenvalue weighted by atomic mass is 10.1. The van der Waals surface area contributed by atoms with E-state index in [1.807, 2.05) is 0 Å². The van der Waals surface area contributed by atoms with Gasteiger partial charge in [-0.1, -0.05) is 13.3 Å². The average Bonchev–Trinajstić information content (AvgIpc) is 1.86. The first-order chi connectivity index (χ1) is 4.70. The van der Waals surface area contributed by atoms with Crippen LogP contribution in [0.1, 0.15) is 26.7 Å². The molecule has 0 unspecified atom stereocenters. The first-order valence-corrected chi connectivity index (χ1v) is 3.47. The number of hydrogen-bond acceptors (Lipinski definition) is 2. The van der Waals surface area contributed by atoms with Crippen molar-refractivity contribution in [3.8, 4) is 0 Å². The molecule has 0 saturated carbocycles. The van der Waals surface area contributed by atoms with Crippen molar-refractivity contribution in [1.82, 2.24) is 0 Å². The highest BCUT2D eigenvalue weighted by atomic mass is 14.4. The number of allylic oxidation sites excluding steroid dienone is 2. The van der Waals surface area contributed by atoms with Crippen molar-refractivity contribution >= 4 is 11.9 Å². The molecule has 0 radical (unpaired) electrons. The molecule has 0 aromatic rings. The summed E-state index contributed by atoms with van der Waals surface area (Å²) in [5, 5.41) is 14.1. The lowest BCUT2D eigenvalue weighted by molar-refractivity contribution is 0.939. The van der Waals surface area contributed by atoms with Gasteiger partial charge in [-0.25, -0.2) is 0 Å². The van der Waals surface area contributed by atoms with E-state index >= 15 is 0 Å². The van der Waals surface area contributed by atoms with Crippen LogP contribution in [0.4, 0.5) is 0 Å². The Morgan fingerprint density at radius 2 is 2.10 bits per heavy atom. The summed E-state index contributed by atoms with van der Waals surface area (Å²) in [6, 6.07) is 0. The van der Waals surface area contributed by atoms with Crippen LogP contribution in [0.15, 0.2) is 11.6 Å². The van der Waals surface area contributed by atoms with Gasteiger partial charge in [0.15, 0.2) is 0 Å². The van der Waals surface area contributed by atoms with Crippen LogP contribution < -0.4 is 0 Å². The molecule has 0 heterocycles. The molecule has 56 valence electrons. The van der Waals surface area contributed by atoms with E-state index in [0.717, 1.165) is 18.4 Å². The first kappa shape index (κ1) is 9.08. The maximum absolute atomic E-state index is 7.13. The lowest BCUT2D eigenvalue weighted by Gasteiger charge is -1.95. The predicted octanol–water partition coefficient (Wildman–Crippen LogP) is 2.40. The summed E-state index contributed by atoms with van der Waals surface area (Å²) in [7, 11) is 0. The Labute approximate surface area is 62.0 Å². The monoisotopic (exact) mass is 138 g/mol. The number of hydrogen-bond donors (Lipinski definition) is 2. The van der Waals surface area contributed by atoms with Gasteiger partial charge in [0.2, 0.25) is 0 Å². The first-order valence-electron chi connectivity index (χ1n) is 3.47. The molecule has 2 N–H and O–H groups in total. The molecule has 0 amide bonds. The lowest BCUT2D eigenvalue weighted by Crippen LogP contribution is -1.88. The molecule has 2 nitrogen and oxygen atoms in total. The molecule has 0 fully saturated rings. The summed E-state index contributed by atoms with van der Waals surface area (Å²) in [6.07, 6.45) is 4.99. The van der Waals surface area contributed by atoms with Crippen molar-refractivity contribution in [2.24, 2.45) is 0 Å². The molecule has 0 aliphatic carbocycles. The molecule has 0 aliphatic rings. The molecule has 0 aromatic heterocycles. The van der Waals surface area contributed by atoms with Crippen LogP contribution >= 0.6 is 0 Å². The smallest absolute Gasteiger partial charge is 0.0286 e. The van der Waals surface area contributed by atoms with Crippen molar-refractivity contribution < 1.29 is 0 Å². The van der Waals surface area contributed by atoms with Gasteiger partial charge in [-0.3, -0.25) is 0 Å². The molecule has 0 saturated heterocycles. The van der Waals surface area contributed by atoms with E-state index in [-0.39, 0.29) is 0 Å². The Balaban J connectivity index is 4.03. The van der Waals surface area contributed by atoms with Crippen LogP contribution in [-0.4, -0.2) is 11.9 Å². The standard InChI is InChI=1S/C8H14N2/c1-3-4-8(6-9)5-7(2)10/h5-6,9-10H,3-4H2,1-2H3/b8-5-,9-6?,10-7?. The molecule has 0 bridgehead atoms. The third-order valence-corrected chi connectivity index (χ3v) is 1.13. The minimum Gasteiger partial charge on any atom is -0.308 e. The summed E-state index contributed by atoms with van der Waals surface area (Å²) in [5.74, 6) is 0. The van der Waals surface area contributed by atoms with Crippen LogP contribution in [0.5, 0.6) is 0 Å². The van der Waals surface area contributed by atoms with Crippen LogP contribution in [0.2, 0.25) is 0 Å². The van der Waals surface area contributed by atoms with Gasteiger partial charge in [-0.05, 0) is 25.0 Å². The Kier molecular flexibility index (Phi) is 4.46. The normalized spacial score (nSPS) is 11.2. The van der Waals surface area contributed by atoms with Gasteiger partial charge in [0.25, 0.3) is 0 Å². The van der Waals surface area contributed by atoms with Gasteiger partial charge in [0.1, 0.15) is 0 Å². The van der Waals surface area contributed by atoms with Gasteiger partial charge in [0, 0.05) is 11.9 Å². The van der Waals surface area contributed by atoms with E-state index in [0.29, 0.717) is 5.71 Å². The Bertz CT molecular complexity index is 157. The molecule has 0 rings (SSSR count). The second-order valence-corrected chi connectivity index (χ2v) is 2.30. The summed E-state index contributed by atoms with van der Waals surface area (Å²) in [4.78, 5) is 0. The van der Waals surface area contributed by atoms with E-state index in [9.17, 15) is 0 Å². The van der Waals surface area contributed by atoms with Gasteiger partial charge in [0.05, 0.1) is 0 Å². The Morgan fingerprint density at radius 3 is 2.40 bits per heavy atom. The minimum absolute atomic E-state index is 0.520. The summed E-state index contributed by atoms with van der Waals surface area (Å²) < 4.78 is 0. The Morgan fingerprint density at radius 1 is 1.50 bits per heavy atom. The van der Waals surface area contributed by atoms with Gasteiger partial charge < -0.3 is 10.8 Å². The molecule has 0 spiro atoms. The van der Waals surface area contributed by atoms with Gasteiger partial charge in [-0.2, -0.15) is 0 Å². The Hall–Kier alpha value is -0.920. The molecule has 0 aromatic carbocycles. The van der Waals surface area contributed by atoms with Crippen molar-refractivity contribution in [1.29, 1.82) is 10.8 Å². The van der Waals surface area contributed by atoms with Crippen molar-refractivity contribution in [3.05, 3.63) is 11.6 Å². The summed E-state index contributed by atoms with van der Waals surface area (Å²) >= 11 is 0. The van der Waals surface area contributed by atoms with Crippen LogP contribution in [-0.2, 0) is 0 Å². The molecule has 2 heteroatoms. The van der Waals surface area contributed by atoms with E-state index in [2.05, 4.69) is 6.92 Å². The molecular weight excluding hydrogens is 124 g/mol. The van der Waals surface area contributed by atoms with Crippen LogP contribution in [0.25, 0.3) is 0 Å². The maximum atomic E-state index is 7.13. The summed E-state index contributed by atoms with van der Waals surface area (Å²) in [6.45, 7) is 3.79. The SMILES string of the molecule is CCC/C(C=N)=C/C(C)=N. The molecule has 0 atom stereocenters. The third kappa shape index (κ3) is 4.01. The molecule has 10 heavy (non-hydrogen) atoms. The van der Waals surface area contributed by atoms with E-state index in [4.69, 9.17) is 10.8 Å². The molecule has 0 aliphatic heterocycles. The van der Waals surface area contributed by atoms with Crippen LogP contribution in [0.3, 0.4) is 0 Å². The second kappa shape index (κ2) is 4.91. The van der Waals surface area contributed by atoms with E-state index < -0.39 is 0 Å². The van der Waals surface area contributed by atoms with Gasteiger partial charge >= 0.3 is 0 Å². The highest BCUT2D eigenvalue weighted by Crippen LogP contribution is 2.00. The largest absolute Gasteiger partial charge is 0.308 e. The zero-order valence-electron chi connectivity index (χ0n) is 6.57. The van der Waals surface area contributed by atoms with Gasteiger partial charge in [-0.15, -0.1) is 0 Å². The highest BCUT2D eigenvalue weighted by Gasteiger charge is 1.89. The number of nitrogens with one attached hydrogen (secondary N) is 2. The minimum atomic E-state index is 0.520. The fourth-order valence-corrected chi connectivity index (χ4v) is 0.753. The zero-order valence-corrected chi connectivity index (χ0v) is 6.57. The van der Waals surface area contributed by atoms with Crippen LogP contribution in [0, 0.1) is 10.8 Å². The average molecular weight is 138 g/mol. The second-order valence-electron chi connectivity index (χ2n) is 2.30. The fraction of sp³-hybridized carbons (Fsp3) is 0.500. The third-order valence-electron chi connectivity index (χ3n) is 1.13. The van der Waals surface area contributed by atoms with E-state index in [1.54, 1.807) is 13.0 Å². The zero-order chi connectivity index (χ0) is 7.98. The maximum Gasteiger partial charge on any atom is 0.0286 e. The predicted molar refractivity (Wildman–Crippen MR) is 45.2 cm³/mol. The van der Waals surface area contributed by atoms with Crippen molar-refractivity contribution in [2.75, 3.05) is 0 Å². The number of rotatable bonds is 4. The fourth-order valence-electron chi connectivity index (χ4n) is 0.753. The quantitative estimate of drug-likeness (QED) is 0.560. The highest BCUT2D eigenvalue weighted by molar-refractivity contribution is 5.95. The topological polar surface area (TPSA) is 47.7 Å². The molecular formula is C8H14N2. The van der Waals surface area contributed by atoms with E-state index in [1.165, 1.54) is 6.21 Å².